The van der Waals surface area contributed by atoms with E-state index in [1.165, 1.54) is 0 Å². The summed E-state index contributed by atoms with van der Waals surface area (Å²) in [6, 6.07) is 3.97. The number of nitrogens with one attached hydrogen (secondary N) is 1. The van der Waals surface area contributed by atoms with Gasteiger partial charge in [0.05, 0.1) is 25.0 Å². The molecule has 2 aromatic heterocycles. The summed E-state index contributed by atoms with van der Waals surface area (Å²) in [5.74, 6) is 1.94. The Kier molecular flexibility index (Phi) is 6.15. The average molecular weight is 413 g/mol. The number of hydrogen-bond donors (Lipinski definition) is 1. The highest BCUT2D eigenvalue weighted by molar-refractivity contribution is 5.88. The number of hydrogen-bond acceptors (Lipinski definition) is 8. The Morgan fingerprint density at radius 1 is 1.27 bits per heavy atom. The van der Waals surface area contributed by atoms with E-state index < -0.39 is 0 Å². The molecule has 0 aliphatic heterocycles. The molecular formula is C22H27N3O5. The molecule has 160 valence electrons. The maximum Gasteiger partial charge on any atom is 0.339 e. The van der Waals surface area contributed by atoms with Crippen LogP contribution in [0.15, 0.2) is 25.9 Å². The summed E-state index contributed by atoms with van der Waals surface area (Å²) >= 11 is 0. The van der Waals surface area contributed by atoms with Crippen molar-refractivity contribution in [2.45, 2.75) is 52.1 Å². The quantitative estimate of drug-likeness (QED) is 0.535. The zero-order chi connectivity index (χ0) is 21.1. The van der Waals surface area contributed by atoms with Crippen LogP contribution in [0.3, 0.4) is 0 Å². The first-order chi connectivity index (χ1) is 14.5. The smallest absolute Gasteiger partial charge is 0.339 e. The molecule has 1 aromatic carbocycles. The summed E-state index contributed by atoms with van der Waals surface area (Å²) in [5, 5.41) is 8.25. The zero-order valence-electron chi connectivity index (χ0n) is 17.6. The number of aromatic nitrogens is 2. The van der Waals surface area contributed by atoms with Crippen LogP contribution in [-0.4, -0.2) is 36.5 Å². The summed E-state index contributed by atoms with van der Waals surface area (Å²) in [6.45, 7) is 5.50. The zero-order valence-corrected chi connectivity index (χ0v) is 17.6. The normalized spacial score (nSPS) is 14.2. The first kappa shape index (κ1) is 20.6. The number of rotatable bonds is 9. The van der Waals surface area contributed by atoms with Crippen LogP contribution in [0.4, 0.5) is 0 Å². The van der Waals surface area contributed by atoms with E-state index in [-0.39, 0.29) is 11.7 Å². The van der Waals surface area contributed by atoms with E-state index in [0.717, 1.165) is 47.1 Å². The lowest BCUT2D eigenvalue weighted by Gasteiger charge is -2.17. The molecule has 0 amide bonds. The molecule has 0 bridgehead atoms. The van der Waals surface area contributed by atoms with Crippen LogP contribution in [0.2, 0.25) is 0 Å². The Morgan fingerprint density at radius 2 is 2.10 bits per heavy atom. The maximum absolute atomic E-state index is 12.2. The minimum absolute atomic E-state index is 0.0604. The highest BCUT2D eigenvalue weighted by atomic mass is 16.5. The number of fused-ring (bicyclic) bond motifs is 3. The largest absolute Gasteiger partial charge is 0.491 e. The summed E-state index contributed by atoms with van der Waals surface area (Å²) in [7, 11) is 1.64. The average Bonchev–Trinajstić information content (AvgIpc) is 3.38. The van der Waals surface area contributed by atoms with Crippen molar-refractivity contribution in [1.29, 1.82) is 0 Å². The minimum Gasteiger partial charge on any atom is -0.491 e. The molecule has 0 saturated carbocycles. The van der Waals surface area contributed by atoms with Gasteiger partial charge in [-0.1, -0.05) is 5.16 Å². The van der Waals surface area contributed by atoms with E-state index in [9.17, 15) is 4.79 Å². The van der Waals surface area contributed by atoms with Crippen molar-refractivity contribution < 1.29 is 18.4 Å². The first-order valence-corrected chi connectivity index (χ1v) is 10.3. The fourth-order valence-electron chi connectivity index (χ4n) is 3.81. The fraction of sp³-hybridized carbons (Fsp3) is 0.500. The van der Waals surface area contributed by atoms with Crippen LogP contribution in [0.25, 0.3) is 11.0 Å². The molecule has 1 N–H and O–H groups in total. The van der Waals surface area contributed by atoms with Crippen molar-refractivity contribution in [3.8, 4) is 5.75 Å². The molecule has 0 spiro atoms. The molecule has 1 aliphatic rings. The molecule has 0 fully saturated rings. The Balaban J connectivity index is 1.43. The van der Waals surface area contributed by atoms with Crippen molar-refractivity contribution in [2.24, 2.45) is 0 Å². The summed E-state index contributed by atoms with van der Waals surface area (Å²) < 4.78 is 22.0. The lowest BCUT2D eigenvalue weighted by molar-refractivity contribution is 0.192. The second-order valence-electron chi connectivity index (χ2n) is 7.78. The Bertz CT molecular complexity index is 1090. The Hall–Kier alpha value is -2.71. The van der Waals surface area contributed by atoms with Crippen molar-refractivity contribution in [1.82, 2.24) is 15.5 Å². The second-order valence-corrected chi connectivity index (χ2v) is 7.78. The number of methoxy groups -OCH3 is 1. The van der Waals surface area contributed by atoms with E-state index >= 15 is 0 Å². The van der Waals surface area contributed by atoms with Gasteiger partial charge >= 0.3 is 5.63 Å². The van der Waals surface area contributed by atoms with E-state index in [1.54, 1.807) is 7.11 Å². The molecule has 30 heavy (non-hydrogen) atoms. The van der Waals surface area contributed by atoms with Gasteiger partial charge in [-0.2, -0.15) is 4.98 Å². The standard InChI is InChI=1S/C22H27N3O5/c1-13-9-17(21-15-5-4-6-16(15)22(26)29-18(21)10-13)28-12-14(2)23-11-19-24-20(30-25-19)7-8-27-3/h9-10,14,23H,4-8,11-12H2,1-3H3. The van der Waals surface area contributed by atoms with Crippen LogP contribution in [0, 0.1) is 6.92 Å². The lowest BCUT2D eigenvalue weighted by atomic mass is 10.0. The molecule has 0 saturated heterocycles. The van der Waals surface area contributed by atoms with E-state index in [4.69, 9.17) is 18.4 Å². The van der Waals surface area contributed by atoms with Gasteiger partial charge in [-0.25, -0.2) is 4.79 Å². The van der Waals surface area contributed by atoms with Gasteiger partial charge in [-0.15, -0.1) is 0 Å². The topological polar surface area (TPSA) is 99.6 Å². The molecule has 1 unspecified atom stereocenters. The monoisotopic (exact) mass is 413 g/mol. The first-order valence-electron chi connectivity index (χ1n) is 10.3. The van der Waals surface area contributed by atoms with Crippen molar-refractivity contribution >= 4 is 11.0 Å². The predicted octanol–water partition coefficient (Wildman–Crippen LogP) is 2.72. The molecule has 8 nitrogen and oxygen atoms in total. The van der Waals surface area contributed by atoms with Crippen LogP contribution in [0.5, 0.6) is 5.75 Å². The number of nitrogens with zero attached hydrogens (tertiary/aromatic N) is 2. The van der Waals surface area contributed by atoms with Crippen molar-refractivity contribution in [3.63, 3.8) is 0 Å². The van der Waals surface area contributed by atoms with Crippen LogP contribution in [-0.2, 0) is 30.5 Å². The third kappa shape index (κ3) is 4.39. The Labute approximate surface area is 174 Å². The van der Waals surface area contributed by atoms with Gasteiger partial charge in [0, 0.05) is 18.7 Å². The highest BCUT2D eigenvalue weighted by Gasteiger charge is 2.22. The van der Waals surface area contributed by atoms with Gasteiger partial charge in [0.25, 0.3) is 0 Å². The van der Waals surface area contributed by atoms with Gasteiger partial charge in [0.1, 0.15) is 17.9 Å². The summed E-state index contributed by atoms with van der Waals surface area (Å²) in [4.78, 5) is 16.6. The molecule has 1 aliphatic carbocycles. The van der Waals surface area contributed by atoms with Gasteiger partial charge < -0.3 is 23.7 Å². The van der Waals surface area contributed by atoms with Gasteiger partial charge in [-0.3, -0.25) is 0 Å². The Morgan fingerprint density at radius 3 is 2.93 bits per heavy atom. The van der Waals surface area contributed by atoms with Gasteiger partial charge in [-0.05, 0) is 56.4 Å². The van der Waals surface area contributed by atoms with E-state index in [0.29, 0.717) is 43.5 Å². The minimum atomic E-state index is -0.216. The van der Waals surface area contributed by atoms with Crippen molar-refractivity contribution in [2.75, 3.05) is 20.3 Å². The molecule has 0 radical (unpaired) electrons. The fourth-order valence-corrected chi connectivity index (χ4v) is 3.81. The molecule has 2 heterocycles. The van der Waals surface area contributed by atoms with E-state index in [2.05, 4.69) is 15.5 Å². The van der Waals surface area contributed by atoms with Gasteiger partial charge in [0.15, 0.2) is 5.82 Å². The number of ether oxygens (including phenoxy) is 2. The third-order valence-electron chi connectivity index (χ3n) is 5.31. The molecule has 4 rings (SSSR count). The van der Waals surface area contributed by atoms with Crippen LogP contribution in [0.1, 0.15) is 41.8 Å². The maximum atomic E-state index is 12.2. The molecular weight excluding hydrogens is 386 g/mol. The van der Waals surface area contributed by atoms with Crippen LogP contribution >= 0.6 is 0 Å². The number of aryl methyl sites for hydroxylation is 2. The molecule has 8 heteroatoms. The predicted molar refractivity (Wildman–Crippen MR) is 111 cm³/mol. The summed E-state index contributed by atoms with van der Waals surface area (Å²) in [6.07, 6.45) is 3.23. The lowest BCUT2D eigenvalue weighted by Crippen LogP contribution is -2.31. The molecule has 3 aromatic rings. The van der Waals surface area contributed by atoms with Crippen LogP contribution < -0.4 is 15.7 Å². The van der Waals surface area contributed by atoms with Crippen molar-refractivity contribution in [3.05, 3.63) is 51.0 Å². The number of benzene rings is 1. The SMILES string of the molecule is COCCc1nc(CNC(C)COc2cc(C)cc3oc(=O)c4c(c23)CCC4)no1. The van der Waals surface area contributed by atoms with E-state index in [1.807, 2.05) is 26.0 Å². The third-order valence-corrected chi connectivity index (χ3v) is 5.31. The second kappa shape index (κ2) is 8.97. The molecule has 1 atom stereocenters. The van der Waals surface area contributed by atoms with Gasteiger partial charge in [0.2, 0.25) is 5.89 Å². The summed E-state index contributed by atoms with van der Waals surface area (Å²) in [5.41, 5.74) is 3.25. The highest BCUT2D eigenvalue weighted by Crippen LogP contribution is 2.35.